The summed E-state index contributed by atoms with van der Waals surface area (Å²) in [6, 6.07) is 0. The summed E-state index contributed by atoms with van der Waals surface area (Å²) < 4.78 is 0. The molecule has 0 amide bonds. The summed E-state index contributed by atoms with van der Waals surface area (Å²) in [5.74, 6) is 0.213. The van der Waals surface area contributed by atoms with Crippen molar-refractivity contribution in [1.29, 1.82) is 0 Å². The van der Waals surface area contributed by atoms with Gasteiger partial charge in [0.15, 0.2) is 11.6 Å². The molecule has 4 rings (SSSR count). The summed E-state index contributed by atoms with van der Waals surface area (Å²) in [5, 5.41) is 11.5. The van der Waals surface area contributed by atoms with Gasteiger partial charge in [-0.1, -0.05) is 37.1 Å². The summed E-state index contributed by atoms with van der Waals surface area (Å²) in [7, 11) is 0. The number of allylic oxidation sites excluding steroid dienone is 6. The Morgan fingerprint density at radius 3 is 2.81 bits per heavy atom. The van der Waals surface area contributed by atoms with Crippen LogP contribution in [0.3, 0.4) is 0 Å². The first-order valence-corrected chi connectivity index (χ1v) is 10.2. The zero-order chi connectivity index (χ0) is 18.9. The first-order valence-electron chi connectivity index (χ1n) is 9.65. The molecule has 2 saturated carbocycles. The monoisotopic (exact) mass is 374 g/mol. The zero-order valence-electron chi connectivity index (χ0n) is 15.7. The van der Waals surface area contributed by atoms with E-state index >= 15 is 0 Å². The minimum atomic E-state index is -1.35. The van der Waals surface area contributed by atoms with E-state index in [0.717, 1.165) is 19.3 Å². The van der Waals surface area contributed by atoms with Crippen molar-refractivity contribution in [2.45, 2.75) is 52.1 Å². The van der Waals surface area contributed by atoms with Gasteiger partial charge in [-0.2, -0.15) is 0 Å². The van der Waals surface area contributed by atoms with Crippen LogP contribution in [-0.4, -0.2) is 28.2 Å². The molecule has 26 heavy (non-hydrogen) atoms. The summed E-state index contributed by atoms with van der Waals surface area (Å²) in [4.78, 5) is 24.5. The van der Waals surface area contributed by atoms with E-state index in [4.69, 9.17) is 11.6 Å². The summed E-state index contributed by atoms with van der Waals surface area (Å²) >= 11 is 5.87. The number of fused-ring (bicyclic) bond motifs is 5. The first kappa shape index (κ1) is 18.2. The fraction of sp³-hybridized carbons (Fsp3) is 0.636. The van der Waals surface area contributed by atoms with Gasteiger partial charge in [-0.15, -0.1) is 11.6 Å². The third kappa shape index (κ3) is 2.05. The number of aliphatic hydroxyl groups is 1. The topological polar surface area (TPSA) is 54.4 Å². The van der Waals surface area contributed by atoms with Crippen molar-refractivity contribution < 1.29 is 14.7 Å². The van der Waals surface area contributed by atoms with Crippen LogP contribution in [0.4, 0.5) is 0 Å². The van der Waals surface area contributed by atoms with Gasteiger partial charge in [0, 0.05) is 10.8 Å². The predicted octanol–water partition coefficient (Wildman–Crippen LogP) is 4.00. The van der Waals surface area contributed by atoms with Crippen LogP contribution in [0.25, 0.3) is 0 Å². The molecule has 0 spiro atoms. The number of Topliss-reactive ketones (excluding diaryl/α,β-unsaturated/α-hetero) is 1. The average molecular weight is 375 g/mol. The normalized spacial score (nSPS) is 46.8. The second kappa shape index (κ2) is 5.65. The second-order valence-corrected chi connectivity index (χ2v) is 9.37. The smallest absolute Gasteiger partial charge is 0.179 e. The van der Waals surface area contributed by atoms with Gasteiger partial charge < -0.3 is 5.11 Å². The number of hydrogen-bond acceptors (Lipinski definition) is 3. The maximum Gasteiger partial charge on any atom is 0.179 e. The molecule has 0 aliphatic heterocycles. The molecule has 4 aliphatic rings. The molecular formula is C22H27ClO3. The molecule has 0 saturated heterocycles. The molecule has 1 N–H and O–H groups in total. The Balaban J connectivity index is 1.79. The van der Waals surface area contributed by atoms with Crippen molar-refractivity contribution in [3.8, 4) is 0 Å². The molecule has 0 bridgehead atoms. The van der Waals surface area contributed by atoms with E-state index < -0.39 is 11.0 Å². The Labute approximate surface area is 160 Å². The largest absolute Gasteiger partial charge is 0.381 e. The van der Waals surface area contributed by atoms with Gasteiger partial charge in [-0.05, 0) is 62.5 Å². The third-order valence-electron chi connectivity index (χ3n) is 8.08. The van der Waals surface area contributed by atoms with Crippen LogP contribution in [-0.2, 0) is 9.59 Å². The fourth-order valence-electron chi connectivity index (χ4n) is 6.56. The Bertz CT molecular complexity index is 778. The number of carbonyl (C=O) groups excluding carboxylic acids is 2. The van der Waals surface area contributed by atoms with Crippen LogP contribution < -0.4 is 0 Å². The van der Waals surface area contributed by atoms with Gasteiger partial charge in [-0.3, -0.25) is 9.59 Å². The molecule has 4 heteroatoms. The van der Waals surface area contributed by atoms with Gasteiger partial charge in [0.05, 0.1) is 5.88 Å². The number of hydrogen-bond donors (Lipinski definition) is 1. The standard InChI is InChI=1S/C22H27ClO3/c1-13-10-18-16-5-4-14-11-15(24)6-8-20(14,2)17(16)7-9-21(18,3)22(13,26)19(25)12-23/h6-8,11,13,16,18,26H,4-5,9-10,12H2,1-3H3/t13-,16+,18-,20-,21-,22-/m0/s1. The van der Waals surface area contributed by atoms with Crippen LogP contribution in [0.5, 0.6) is 0 Å². The van der Waals surface area contributed by atoms with Gasteiger partial charge in [0.1, 0.15) is 5.60 Å². The number of alkyl halides is 1. The van der Waals surface area contributed by atoms with E-state index in [0.29, 0.717) is 12.3 Å². The van der Waals surface area contributed by atoms with Crippen LogP contribution >= 0.6 is 11.6 Å². The number of carbonyl (C=O) groups is 2. The Morgan fingerprint density at radius 2 is 2.12 bits per heavy atom. The predicted molar refractivity (Wildman–Crippen MR) is 102 cm³/mol. The van der Waals surface area contributed by atoms with E-state index in [2.05, 4.69) is 26.0 Å². The lowest BCUT2D eigenvalue weighted by Crippen LogP contribution is -2.57. The Morgan fingerprint density at radius 1 is 1.38 bits per heavy atom. The van der Waals surface area contributed by atoms with E-state index in [1.807, 2.05) is 6.92 Å². The van der Waals surface area contributed by atoms with Crippen LogP contribution in [0.15, 0.2) is 35.5 Å². The lowest BCUT2D eigenvalue weighted by atomic mass is 9.51. The highest BCUT2D eigenvalue weighted by atomic mass is 35.5. The Hall–Kier alpha value is -1.19. The average Bonchev–Trinajstić information content (AvgIpc) is 2.83. The van der Waals surface area contributed by atoms with Gasteiger partial charge in [-0.25, -0.2) is 0 Å². The minimum absolute atomic E-state index is 0.0775. The zero-order valence-corrected chi connectivity index (χ0v) is 16.5. The maximum absolute atomic E-state index is 12.6. The number of halogens is 1. The van der Waals surface area contributed by atoms with Crippen LogP contribution in [0.2, 0.25) is 0 Å². The number of rotatable bonds is 2. The molecule has 0 unspecified atom stereocenters. The molecule has 0 radical (unpaired) electrons. The highest BCUT2D eigenvalue weighted by Gasteiger charge is 2.66. The van der Waals surface area contributed by atoms with Gasteiger partial charge in [0.2, 0.25) is 0 Å². The summed E-state index contributed by atoms with van der Waals surface area (Å²) in [6.07, 6.45) is 11.2. The SMILES string of the molecule is C[C@H]1C[C@H]2[C@@H]3CCC4=CC(=O)C=C[C@]4(C)C3=CC[C@]2(C)[C@@]1(O)C(=O)CCl. The molecular weight excluding hydrogens is 348 g/mol. The summed E-state index contributed by atoms with van der Waals surface area (Å²) in [5.41, 5.74) is 0.554. The van der Waals surface area contributed by atoms with E-state index in [-0.39, 0.29) is 34.7 Å². The van der Waals surface area contributed by atoms with Crippen molar-refractivity contribution in [1.82, 2.24) is 0 Å². The molecule has 6 atom stereocenters. The molecule has 0 aromatic heterocycles. The van der Waals surface area contributed by atoms with Crippen molar-refractivity contribution in [3.63, 3.8) is 0 Å². The van der Waals surface area contributed by atoms with Crippen molar-refractivity contribution in [2.75, 3.05) is 5.88 Å². The molecule has 4 aliphatic carbocycles. The van der Waals surface area contributed by atoms with Crippen LogP contribution in [0, 0.1) is 28.6 Å². The Kier molecular flexibility index (Phi) is 3.95. The quantitative estimate of drug-likeness (QED) is 0.587. The minimum Gasteiger partial charge on any atom is -0.381 e. The lowest BCUT2D eigenvalue weighted by molar-refractivity contribution is -0.155. The van der Waals surface area contributed by atoms with Crippen molar-refractivity contribution in [3.05, 3.63) is 35.5 Å². The lowest BCUT2D eigenvalue weighted by Gasteiger charge is -2.53. The third-order valence-corrected chi connectivity index (χ3v) is 8.32. The second-order valence-electron chi connectivity index (χ2n) is 9.10. The maximum atomic E-state index is 12.6. The van der Waals surface area contributed by atoms with Crippen molar-refractivity contribution in [2.24, 2.45) is 28.6 Å². The fourth-order valence-corrected chi connectivity index (χ4v) is 6.77. The van der Waals surface area contributed by atoms with Crippen molar-refractivity contribution >= 4 is 23.2 Å². The highest BCUT2D eigenvalue weighted by molar-refractivity contribution is 6.29. The van der Waals surface area contributed by atoms with E-state index in [1.165, 1.54) is 11.1 Å². The first-order chi connectivity index (χ1) is 12.2. The molecule has 0 aromatic carbocycles. The molecule has 3 nitrogen and oxygen atoms in total. The molecule has 0 heterocycles. The van der Waals surface area contributed by atoms with Gasteiger partial charge >= 0.3 is 0 Å². The van der Waals surface area contributed by atoms with Gasteiger partial charge in [0.25, 0.3) is 0 Å². The molecule has 2 fully saturated rings. The number of ketones is 2. The van der Waals surface area contributed by atoms with E-state index in [1.54, 1.807) is 12.2 Å². The molecule has 0 aromatic rings. The highest BCUT2D eigenvalue weighted by Crippen LogP contribution is 2.66. The summed E-state index contributed by atoms with van der Waals surface area (Å²) in [6.45, 7) is 6.27. The van der Waals surface area contributed by atoms with Crippen LogP contribution in [0.1, 0.15) is 46.5 Å². The molecule has 140 valence electrons. The van der Waals surface area contributed by atoms with E-state index in [9.17, 15) is 14.7 Å².